The van der Waals surface area contributed by atoms with Crippen molar-refractivity contribution in [3.05, 3.63) is 35.4 Å². The van der Waals surface area contributed by atoms with Gasteiger partial charge in [-0.2, -0.15) is 4.98 Å². The molecule has 2 aromatic heterocycles. The van der Waals surface area contributed by atoms with E-state index in [0.717, 1.165) is 31.7 Å². The van der Waals surface area contributed by atoms with Crippen molar-refractivity contribution in [2.45, 2.75) is 50.1 Å². The molecule has 4 atom stereocenters. The summed E-state index contributed by atoms with van der Waals surface area (Å²) < 4.78 is 17.3. The van der Waals surface area contributed by atoms with Crippen LogP contribution in [-0.4, -0.2) is 83.9 Å². The molecule has 196 valence electrons. The minimum Gasteiger partial charge on any atom is -0.456 e. The first kappa shape index (κ1) is 23.7. The van der Waals surface area contributed by atoms with Gasteiger partial charge in [-0.3, -0.25) is 0 Å². The normalized spacial score (nSPS) is 29.2. The van der Waals surface area contributed by atoms with E-state index in [9.17, 15) is 5.11 Å². The molecule has 7 rings (SSSR count). The summed E-state index contributed by atoms with van der Waals surface area (Å²) >= 11 is 6.64. The number of rotatable bonds is 4. The fraction of sp³-hybridized carbons (Fsp3) is 0.556. The maximum absolute atomic E-state index is 9.95. The SMILES string of the molecule is OC1CO[C@@H]2C(Oc3nc4nc(-c5ccc(N6CCC7(CCNCC7)CC6)cc5)c(Cl)cc4[nH]3)CO[C@H]12. The van der Waals surface area contributed by atoms with Gasteiger partial charge in [-0.15, -0.1) is 0 Å². The Hall–Kier alpha value is -2.43. The maximum atomic E-state index is 9.95. The van der Waals surface area contributed by atoms with Crippen LogP contribution in [0, 0.1) is 5.41 Å². The second-order valence-corrected chi connectivity index (χ2v) is 11.2. The Labute approximate surface area is 220 Å². The number of ether oxygens (including phenoxy) is 3. The van der Waals surface area contributed by atoms with E-state index in [2.05, 4.69) is 44.5 Å². The first-order chi connectivity index (χ1) is 18.1. The third kappa shape index (κ3) is 4.36. The number of hydrogen-bond donors (Lipinski definition) is 3. The van der Waals surface area contributed by atoms with Crippen molar-refractivity contribution >= 4 is 28.5 Å². The van der Waals surface area contributed by atoms with E-state index in [-0.39, 0.29) is 24.9 Å². The number of nitrogens with zero attached hydrogens (tertiary/aromatic N) is 3. The number of nitrogens with one attached hydrogen (secondary N) is 2. The number of aromatic amines is 1. The summed E-state index contributed by atoms with van der Waals surface area (Å²) in [4.78, 5) is 14.9. The molecule has 4 saturated heterocycles. The molecule has 0 amide bonds. The van der Waals surface area contributed by atoms with Crippen LogP contribution in [0.3, 0.4) is 0 Å². The van der Waals surface area contributed by atoms with E-state index in [4.69, 9.17) is 30.8 Å². The van der Waals surface area contributed by atoms with Gasteiger partial charge >= 0.3 is 0 Å². The highest BCUT2D eigenvalue weighted by Gasteiger charge is 2.48. The molecule has 2 unspecified atom stereocenters. The van der Waals surface area contributed by atoms with Gasteiger partial charge in [0.25, 0.3) is 6.01 Å². The molecule has 10 heteroatoms. The van der Waals surface area contributed by atoms with Crippen LogP contribution in [0.25, 0.3) is 22.4 Å². The highest BCUT2D eigenvalue weighted by Crippen LogP contribution is 2.41. The Balaban J connectivity index is 1.06. The maximum Gasteiger partial charge on any atom is 0.296 e. The van der Waals surface area contributed by atoms with Crippen LogP contribution in [0.5, 0.6) is 6.01 Å². The Bertz CT molecular complexity index is 1270. The van der Waals surface area contributed by atoms with Gasteiger partial charge in [-0.25, -0.2) is 4.98 Å². The second kappa shape index (κ2) is 9.39. The lowest BCUT2D eigenvalue weighted by Crippen LogP contribution is -2.45. The van der Waals surface area contributed by atoms with Crippen LogP contribution < -0.4 is 15.0 Å². The van der Waals surface area contributed by atoms with Gasteiger partial charge in [-0.05, 0) is 62.4 Å². The Kier molecular flexibility index (Phi) is 6.01. The number of benzene rings is 1. The van der Waals surface area contributed by atoms with Crippen LogP contribution >= 0.6 is 11.6 Å². The topological polar surface area (TPSA) is 105 Å². The number of aliphatic hydroxyl groups excluding tert-OH is 1. The van der Waals surface area contributed by atoms with Gasteiger partial charge in [-0.1, -0.05) is 23.7 Å². The largest absolute Gasteiger partial charge is 0.456 e. The van der Waals surface area contributed by atoms with Gasteiger partial charge in [0.15, 0.2) is 11.8 Å². The van der Waals surface area contributed by atoms with Crippen molar-refractivity contribution in [1.82, 2.24) is 20.3 Å². The predicted octanol–water partition coefficient (Wildman–Crippen LogP) is 3.15. The molecule has 0 radical (unpaired) electrons. The lowest BCUT2D eigenvalue weighted by molar-refractivity contribution is 0.00706. The number of imidazole rings is 1. The van der Waals surface area contributed by atoms with Gasteiger partial charge in [0.1, 0.15) is 18.3 Å². The molecule has 9 nitrogen and oxygen atoms in total. The van der Waals surface area contributed by atoms with Gasteiger partial charge in [0.2, 0.25) is 0 Å². The number of pyridine rings is 1. The summed E-state index contributed by atoms with van der Waals surface area (Å²) in [6.45, 7) is 5.13. The molecule has 4 fully saturated rings. The Morgan fingerprint density at radius 2 is 1.76 bits per heavy atom. The monoisotopic (exact) mass is 525 g/mol. The lowest BCUT2D eigenvalue weighted by Gasteiger charge is -2.45. The number of aromatic nitrogens is 3. The number of halogens is 1. The van der Waals surface area contributed by atoms with E-state index in [1.54, 1.807) is 0 Å². The van der Waals surface area contributed by atoms with Crippen molar-refractivity contribution in [3.8, 4) is 17.3 Å². The zero-order valence-electron chi connectivity index (χ0n) is 20.7. The zero-order valence-corrected chi connectivity index (χ0v) is 21.4. The second-order valence-electron chi connectivity index (χ2n) is 10.8. The Morgan fingerprint density at radius 1 is 1.00 bits per heavy atom. The quantitative estimate of drug-likeness (QED) is 0.477. The van der Waals surface area contributed by atoms with Crippen LogP contribution in [0.1, 0.15) is 25.7 Å². The number of fused-ring (bicyclic) bond motifs is 2. The molecule has 1 spiro atoms. The summed E-state index contributed by atoms with van der Waals surface area (Å²) in [6, 6.07) is 10.7. The molecule has 3 N–H and O–H groups in total. The van der Waals surface area contributed by atoms with E-state index >= 15 is 0 Å². The van der Waals surface area contributed by atoms with E-state index in [0.29, 0.717) is 39.9 Å². The fourth-order valence-electron chi connectivity index (χ4n) is 6.37. The van der Waals surface area contributed by atoms with E-state index < -0.39 is 6.10 Å². The molecule has 0 aliphatic carbocycles. The summed E-state index contributed by atoms with van der Waals surface area (Å²) in [5.41, 5.74) is 4.66. The molecule has 0 saturated carbocycles. The molecule has 4 aliphatic rings. The molecule has 37 heavy (non-hydrogen) atoms. The smallest absolute Gasteiger partial charge is 0.296 e. The Morgan fingerprint density at radius 3 is 2.54 bits per heavy atom. The first-order valence-corrected chi connectivity index (χ1v) is 13.7. The van der Waals surface area contributed by atoms with Crippen molar-refractivity contribution in [3.63, 3.8) is 0 Å². The molecule has 0 bridgehead atoms. The zero-order chi connectivity index (χ0) is 25.0. The highest BCUT2D eigenvalue weighted by atomic mass is 35.5. The molecule has 6 heterocycles. The van der Waals surface area contributed by atoms with Crippen LogP contribution in [0.2, 0.25) is 5.02 Å². The van der Waals surface area contributed by atoms with Crippen LogP contribution in [-0.2, 0) is 9.47 Å². The number of piperidine rings is 2. The number of anilines is 1. The summed E-state index contributed by atoms with van der Waals surface area (Å²) in [6.07, 6.45) is 3.52. The number of hydrogen-bond acceptors (Lipinski definition) is 8. The molecule has 4 aliphatic heterocycles. The molecule has 3 aromatic rings. The molecular weight excluding hydrogens is 494 g/mol. The van der Waals surface area contributed by atoms with Crippen molar-refractivity contribution in [1.29, 1.82) is 0 Å². The van der Waals surface area contributed by atoms with E-state index in [1.165, 1.54) is 31.4 Å². The van der Waals surface area contributed by atoms with Crippen molar-refractivity contribution < 1.29 is 19.3 Å². The fourth-order valence-corrected chi connectivity index (χ4v) is 6.63. The number of H-pyrrole nitrogens is 1. The van der Waals surface area contributed by atoms with Crippen LogP contribution in [0.4, 0.5) is 5.69 Å². The van der Waals surface area contributed by atoms with Crippen molar-refractivity contribution in [2.75, 3.05) is 44.3 Å². The number of aliphatic hydroxyl groups is 1. The summed E-state index contributed by atoms with van der Waals surface area (Å²) in [5, 5.41) is 14.0. The minimum atomic E-state index is -0.621. The van der Waals surface area contributed by atoms with Gasteiger partial charge in [0.05, 0.1) is 29.4 Å². The average Bonchev–Trinajstić information content (AvgIpc) is 3.61. The van der Waals surface area contributed by atoms with Gasteiger partial charge < -0.3 is 34.5 Å². The summed E-state index contributed by atoms with van der Waals surface area (Å²) in [7, 11) is 0. The average molecular weight is 526 g/mol. The molecule has 1 aromatic carbocycles. The first-order valence-electron chi connectivity index (χ1n) is 13.3. The third-order valence-corrected chi connectivity index (χ3v) is 8.93. The highest BCUT2D eigenvalue weighted by molar-refractivity contribution is 6.33. The van der Waals surface area contributed by atoms with Gasteiger partial charge in [0, 0.05) is 24.3 Å². The third-order valence-electron chi connectivity index (χ3n) is 8.64. The summed E-state index contributed by atoms with van der Waals surface area (Å²) in [5.74, 6) is 0. The van der Waals surface area contributed by atoms with Crippen molar-refractivity contribution in [2.24, 2.45) is 5.41 Å². The minimum absolute atomic E-state index is 0.255. The standard InChI is InChI=1S/C27H32ClN5O4/c28-18-13-19-25(32-26(30-19)37-21-15-36-23-20(34)14-35-24(21)23)31-22(18)16-1-3-17(4-2-16)33-11-7-27(8-12-33)5-9-29-10-6-27/h1-4,13,20-21,23-24,29,34H,5-12,14-15H2,(H,30,31,32)/t20?,21?,23-,24-/m1/s1. The van der Waals surface area contributed by atoms with Crippen LogP contribution in [0.15, 0.2) is 30.3 Å². The molecular formula is C27H32ClN5O4. The van der Waals surface area contributed by atoms with E-state index in [1.807, 2.05) is 6.07 Å². The predicted molar refractivity (Wildman–Crippen MR) is 140 cm³/mol. The lowest BCUT2D eigenvalue weighted by atomic mass is 9.71.